The Morgan fingerprint density at radius 2 is 0.969 bits per heavy atom. The molecule has 0 N–H and O–H groups in total. The van der Waals surface area contributed by atoms with E-state index in [1.807, 2.05) is 0 Å². The van der Waals surface area contributed by atoms with Gasteiger partial charge in [0.05, 0.1) is 0 Å². The van der Waals surface area contributed by atoms with Crippen LogP contribution in [-0.2, 0) is 45.7 Å². The van der Waals surface area contributed by atoms with Gasteiger partial charge in [0, 0.05) is 0 Å². The van der Waals surface area contributed by atoms with Gasteiger partial charge in [-0.2, -0.15) is 11.1 Å². The van der Waals surface area contributed by atoms with Crippen molar-refractivity contribution in [2.75, 3.05) is 0 Å². The summed E-state index contributed by atoms with van der Waals surface area (Å²) in [6, 6.07) is 22.3. The molecular formula is C29H32Cl2Ti-2. The smallest absolute Gasteiger partial charge is 0.0456 e. The zero-order valence-corrected chi connectivity index (χ0v) is 22.3. The van der Waals surface area contributed by atoms with Gasteiger partial charge >= 0.3 is 37.6 Å². The van der Waals surface area contributed by atoms with Gasteiger partial charge < -0.3 is 24.8 Å². The van der Waals surface area contributed by atoms with Crippen LogP contribution in [0.1, 0.15) is 61.8 Å². The first kappa shape index (κ1) is 27.1. The van der Waals surface area contributed by atoms with E-state index in [1.54, 1.807) is 22.3 Å². The van der Waals surface area contributed by atoms with E-state index in [2.05, 4.69) is 94.5 Å². The van der Waals surface area contributed by atoms with E-state index in [9.17, 15) is 0 Å². The molecule has 0 fully saturated rings. The van der Waals surface area contributed by atoms with Crippen molar-refractivity contribution in [3.8, 4) is 0 Å². The molecule has 0 amide bonds. The second kappa shape index (κ2) is 12.9. The predicted molar refractivity (Wildman–Crippen MR) is 129 cm³/mol. The first-order valence-electron chi connectivity index (χ1n) is 11.5. The Kier molecular flexibility index (Phi) is 10.9. The molecule has 2 aliphatic rings. The number of hydrogen-bond donors (Lipinski definition) is 0. The summed E-state index contributed by atoms with van der Waals surface area (Å²) in [4.78, 5) is 0. The molecule has 168 valence electrons. The van der Waals surface area contributed by atoms with Crippen LogP contribution in [0.2, 0.25) is 0 Å². The Balaban J connectivity index is 0.000000185. The van der Waals surface area contributed by atoms with Gasteiger partial charge in [-0.25, -0.2) is 0 Å². The quantitative estimate of drug-likeness (QED) is 0.255. The van der Waals surface area contributed by atoms with Gasteiger partial charge in [-0.15, -0.1) is 81.2 Å². The standard InChI is InChI=1S/2C13H13.C3H6.2ClH.Ti/c2*1-3-7-12-10(5-1)9-11-6-2-4-8-13(11)12;1-3-2;;;/h2*1,3,5,7,9H,2,4,6,8H2;1-2H3;2*1H;/q2*-1;;;;+2/p-2. The van der Waals surface area contributed by atoms with Crippen LogP contribution in [0.25, 0.3) is 21.5 Å². The minimum absolute atomic E-state index is 0. The normalized spacial score (nSPS) is 13.9. The molecule has 0 saturated carbocycles. The van der Waals surface area contributed by atoms with E-state index >= 15 is 0 Å². The Labute approximate surface area is 217 Å². The van der Waals surface area contributed by atoms with Gasteiger partial charge in [0.25, 0.3) is 0 Å². The summed E-state index contributed by atoms with van der Waals surface area (Å²) in [7, 11) is 0. The monoisotopic (exact) mass is 498 g/mol. The third kappa shape index (κ3) is 6.45. The zero-order valence-electron chi connectivity index (χ0n) is 19.2. The summed E-state index contributed by atoms with van der Waals surface area (Å²) in [5, 5.41) is 5.87. The molecule has 0 heterocycles. The van der Waals surface area contributed by atoms with Crippen LogP contribution < -0.4 is 24.8 Å². The molecule has 0 nitrogen and oxygen atoms in total. The molecule has 32 heavy (non-hydrogen) atoms. The molecule has 4 aromatic rings. The first-order valence-corrected chi connectivity index (χ1v) is 12.3. The Bertz CT molecular complexity index is 1060. The number of fused-ring (bicyclic) bond motifs is 6. The fourth-order valence-electron chi connectivity index (χ4n) is 4.96. The second-order valence-electron chi connectivity index (χ2n) is 8.88. The number of hydrogen-bond acceptors (Lipinski definition) is 0. The topological polar surface area (TPSA) is 0 Å². The van der Waals surface area contributed by atoms with Crippen LogP contribution in [0.5, 0.6) is 0 Å². The molecule has 0 aliphatic heterocycles. The summed E-state index contributed by atoms with van der Waals surface area (Å²) in [5.41, 5.74) is 6.46. The largest absolute Gasteiger partial charge is 1.00 e. The maximum atomic E-state index is 2.38. The van der Waals surface area contributed by atoms with Crippen molar-refractivity contribution in [3.63, 3.8) is 0 Å². The van der Waals surface area contributed by atoms with Crippen LogP contribution in [0, 0.1) is 0 Å². The van der Waals surface area contributed by atoms with Crippen molar-refractivity contribution in [3.05, 3.63) is 82.9 Å². The van der Waals surface area contributed by atoms with E-state index in [0.717, 1.165) is 0 Å². The van der Waals surface area contributed by atoms with E-state index in [0.29, 0.717) is 0 Å². The Morgan fingerprint density at radius 1 is 0.625 bits per heavy atom. The minimum Gasteiger partial charge on any atom is -1.00 e. The summed E-state index contributed by atoms with van der Waals surface area (Å²) in [6.07, 6.45) is 10.7. The zero-order chi connectivity index (χ0) is 20.9. The molecule has 4 aromatic carbocycles. The minimum atomic E-state index is 0. The van der Waals surface area contributed by atoms with Crippen LogP contribution >= 0.6 is 0 Å². The number of halogens is 2. The van der Waals surface area contributed by atoms with E-state index in [-0.39, 0.29) is 24.8 Å². The maximum absolute atomic E-state index is 2.38. The summed E-state index contributed by atoms with van der Waals surface area (Å²) in [5.74, 6) is 0. The summed E-state index contributed by atoms with van der Waals surface area (Å²) in [6.45, 7) is 4.17. The van der Waals surface area contributed by atoms with Gasteiger partial charge in [-0.05, 0) is 12.8 Å². The van der Waals surface area contributed by atoms with Crippen molar-refractivity contribution in [1.82, 2.24) is 0 Å². The first-order chi connectivity index (χ1) is 14.6. The SMILES string of the molecule is C[C](C)=[Ti+2].[Cl-].[Cl-].c1ccc2c3c([cH-]c2c1)CCCC3.c1ccc2c3c([cH-]c2c1)CCCC3. The summed E-state index contributed by atoms with van der Waals surface area (Å²) < 4.78 is 1.42. The van der Waals surface area contributed by atoms with Gasteiger partial charge in [0.15, 0.2) is 0 Å². The molecule has 0 atom stereocenters. The molecule has 0 radical (unpaired) electrons. The molecule has 0 aromatic heterocycles. The molecule has 6 rings (SSSR count). The second-order valence-corrected chi connectivity index (χ2v) is 10.4. The molecule has 3 heteroatoms. The average molecular weight is 499 g/mol. The van der Waals surface area contributed by atoms with Crippen LogP contribution in [-0.4, -0.2) is 3.81 Å². The Morgan fingerprint density at radius 3 is 1.38 bits per heavy atom. The van der Waals surface area contributed by atoms with E-state index in [1.165, 1.54) is 76.7 Å². The van der Waals surface area contributed by atoms with Gasteiger partial charge in [0.1, 0.15) is 0 Å². The molecular weight excluding hydrogens is 467 g/mol. The van der Waals surface area contributed by atoms with Crippen molar-refractivity contribution >= 4 is 25.4 Å². The number of rotatable bonds is 0. The maximum Gasteiger partial charge on any atom is -0.0456 e. The number of aryl methyl sites for hydroxylation is 4. The van der Waals surface area contributed by atoms with E-state index in [4.69, 9.17) is 0 Å². The molecule has 0 spiro atoms. The van der Waals surface area contributed by atoms with Crippen molar-refractivity contribution in [2.24, 2.45) is 0 Å². The Hall–Kier alpha value is -1.18. The summed E-state index contributed by atoms with van der Waals surface area (Å²) >= 11 is 2.08. The molecule has 0 unspecified atom stereocenters. The van der Waals surface area contributed by atoms with E-state index < -0.39 is 0 Å². The van der Waals surface area contributed by atoms with Crippen molar-refractivity contribution in [1.29, 1.82) is 0 Å². The van der Waals surface area contributed by atoms with Gasteiger partial charge in [-0.1, -0.05) is 50.7 Å². The van der Waals surface area contributed by atoms with Crippen molar-refractivity contribution < 1.29 is 44.8 Å². The van der Waals surface area contributed by atoms with Gasteiger partial charge in [-0.3, -0.25) is 0 Å². The third-order valence-electron chi connectivity index (χ3n) is 6.25. The van der Waals surface area contributed by atoms with Crippen LogP contribution in [0.15, 0.2) is 60.7 Å². The van der Waals surface area contributed by atoms with Crippen LogP contribution in [0.3, 0.4) is 0 Å². The third-order valence-corrected chi connectivity index (χ3v) is 6.25. The van der Waals surface area contributed by atoms with Gasteiger partial charge in [0.2, 0.25) is 0 Å². The predicted octanol–water partition coefficient (Wildman–Crippen LogP) is 1.63. The van der Waals surface area contributed by atoms with Crippen molar-refractivity contribution in [2.45, 2.75) is 65.2 Å². The molecule has 2 aliphatic carbocycles. The fraction of sp³-hybridized carbons (Fsp3) is 0.345. The van der Waals surface area contributed by atoms with Crippen LogP contribution in [0.4, 0.5) is 0 Å². The molecule has 0 bridgehead atoms. The fourth-order valence-corrected chi connectivity index (χ4v) is 4.96. The average Bonchev–Trinajstić information content (AvgIpc) is 3.32. The molecule has 0 saturated heterocycles. The number of benzene rings is 2.